The number of ether oxygens (including phenoxy) is 3. The molecule has 1 atom stereocenters. The predicted octanol–water partition coefficient (Wildman–Crippen LogP) is 5.06. The van der Waals surface area contributed by atoms with Gasteiger partial charge in [0.25, 0.3) is 0 Å². The van der Waals surface area contributed by atoms with Gasteiger partial charge < -0.3 is 31.0 Å². The number of nitrogens with two attached hydrogens (primary N) is 2. The maximum absolute atomic E-state index is 13.4. The molecule has 0 fully saturated rings. The number of nitrogen functional groups attached to an aromatic ring is 1. The summed E-state index contributed by atoms with van der Waals surface area (Å²) in [5, 5.41) is 5.60. The van der Waals surface area contributed by atoms with Gasteiger partial charge in [0.15, 0.2) is 11.5 Å². The van der Waals surface area contributed by atoms with Crippen LogP contribution in [-0.2, 0) is 0 Å². The summed E-state index contributed by atoms with van der Waals surface area (Å²) in [6.45, 7) is 0.617. The highest BCUT2D eigenvalue weighted by atomic mass is 35.5. The summed E-state index contributed by atoms with van der Waals surface area (Å²) in [6, 6.07) is 11.5. The number of rotatable bonds is 9. The van der Waals surface area contributed by atoms with Crippen LogP contribution in [0.25, 0.3) is 32.9 Å². The fourth-order valence-electron chi connectivity index (χ4n) is 4.16. The van der Waals surface area contributed by atoms with Crippen LogP contribution in [0.5, 0.6) is 17.2 Å². The van der Waals surface area contributed by atoms with E-state index in [1.165, 1.54) is 12.1 Å². The highest BCUT2D eigenvalue weighted by molar-refractivity contribution is 6.31. The maximum atomic E-state index is 13.4. The second-order valence-electron chi connectivity index (χ2n) is 8.83. The summed E-state index contributed by atoms with van der Waals surface area (Å²) >= 11 is 5.83. The van der Waals surface area contributed by atoms with E-state index in [0.717, 1.165) is 27.2 Å². The molecule has 0 bridgehead atoms. The molecule has 0 aliphatic heterocycles. The summed E-state index contributed by atoms with van der Waals surface area (Å²) in [6.07, 6.45) is 4.99. The van der Waals surface area contributed by atoms with Gasteiger partial charge in [0, 0.05) is 47.0 Å². The van der Waals surface area contributed by atoms with E-state index < -0.39 is 5.82 Å². The molecule has 0 aliphatic rings. The number of benzene rings is 2. The van der Waals surface area contributed by atoms with Crippen molar-refractivity contribution in [1.82, 2.24) is 15.0 Å². The average Bonchev–Trinajstić information content (AvgIpc) is 2.95. The lowest BCUT2D eigenvalue weighted by atomic mass is 10.0. The normalized spacial score (nSPS) is 11.9. The molecule has 11 heteroatoms. The minimum absolute atomic E-state index is 0.0405. The number of nitrogens with zero attached hydrogens (tertiary/aromatic N) is 3. The van der Waals surface area contributed by atoms with Gasteiger partial charge in [-0.15, -0.1) is 0 Å². The highest BCUT2D eigenvalue weighted by Crippen LogP contribution is 2.37. The van der Waals surface area contributed by atoms with Gasteiger partial charge in [0.1, 0.15) is 24.0 Å². The van der Waals surface area contributed by atoms with E-state index in [4.69, 9.17) is 37.3 Å². The number of pyridine rings is 3. The Morgan fingerprint density at radius 2 is 1.77 bits per heavy atom. The largest absolute Gasteiger partial charge is 0.493 e. The molecule has 39 heavy (non-hydrogen) atoms. The number of nitrogens with one attached hydrogen (secondary N) is 1. The quantitative estimate of drug-likeness (QED) is 0.216. The van der Waals surface area contributed by atoms with Gasteiger partial charge in [-0.25, -0.2) is 9.37 Å². The molecular weight excluding hydrogens is 523 g/mol. The molecule has 200 valence electrons. The van der Waals surface area contributed by atoms with Crippen LogP contribution < -0.4 is 31.0 Å². The number of fused-ring (bicyclic) bond motifs is 3. The molecule has 0 saturated heterocycles. The van der Waals surface area contributed by atoms with Crippen LogP contribution in [0.2, 0.25) is 5.02 Å². The molecule has 0 spiro atoms. The van der Waals surface area contributed by atoms with Crippen molar-refractivity contribution in [3.8, 4) is 28.5 Å². The van der Waals surface area contributed by atoms with E-state index in [9.17, 15) is 4.39 Å². The first-order valence-electron chi connectivity index (χ1n) is 12.0. The smallest absolute Gasteiger partial charge is 0.162 e. The average molecular weight is 549 g/mol. The van der Waals surface area contributed by atoms with E-state index in [-0.39, 0.29) is 17.7 Å². The van der Waals surface area contributed by atoms with Crippen LogP contribution in [0.4, 0.5) is 15.9 Å². The lowest BCUT2D eigenvalue weighted by Crippen LogP contribution is -2.35. The Morgan fingerprint density at radius 1 is 0.974 bits per heavy atom. The van der Waals surface area contributed by atoms with Crippen molar-refractivity contribution in [2.45, 2.75) is 6.04 Å². The van der Waals surface area contributed by atoms with Crippen LogP contribution in [0, 0.1) is 5.82 Å². The van der Waals surface area contributed by atoms with Crippen LogP contribution in [0.3, 0.4) is 0 Å². The first-order chi connectivity index (χ1) is 18.9. The third-order valence-electron chi connectivity index (χ3n) is 6.17. The molecule has 5 rings (SSSR count). The molecule has 2 aromatic carbocycles. The number of hydrogen-bond acceptors (Lipinski definition) is 9. The molecule has 0 radical (unpaired) electrons. The fourth-order valence-corrected chi connectivity index (χ4v) is 4.34. The van der Waals surface area contributed by atoms with Crippen molar-refractivity contribution in [3.63, 3.8) is 0 Å². The zero-order valence-corrected chi connectivity index (χ0v) is 22.0. The van der Waals surface area contributed by atoms with Gasteiger partial charge in [-0.2, -0.15) is 0 Å². The van der Waals surface area contributed by atoms with E-state index in [0.29, 0.717) is 41.0 Å². The summed E-state index contributed by atoms with van der Waals surface area (Å²) < 4.78 is 30.2. The van der Waals surface area contributed by atoms with Gasteiger partial charge in [-0.1, -0.05) is 11.6 Å². The second-order valence-corrected chi connectivity index (χ2v) is 9.23. The molecule has 3 heterocycles. The third-order valence-corrected chi connectivity index (χ3v) is 6.46. The number of anilines is 2. The lowest BCUT2D eigenvalue weighted by molar-refractivity contribution is 0.292. The van der Waals surface area contributed by atoms with Gasteiger partial charge >= 0.3 is 0 Å². The highest BCUT2D eigenvalue weighted by Gasteiger charge is 2.14. The fraction of sp³-hybridized carbons (Fsp3) is 0.179. The van der Waals surface area contributed by atoms with Crippen molar-refractivity contribution in [3.05, 3.63) is 71.9 Å². The van der Waals surface area contributed by atoms with Gasteiger partial charge in [-0.05, 0) is 41.8 Å². The zero-order valence-electron chi connectivity index (χ0n) is 21.2. The van der Waals surface area contributed by atoms with Crippen LogP contribution >= 0.6 is 11.6 Å². The van der Waals surface area contributed by atoms with Crippen molar-refractivity contribution >= 4 is 44.8 Å². The number of halogens is 2. The van der Waals surface area contributed by atoms with Crippen LogP contribution in [-0.4, -0.2) is 48.4 Å². The van der Waals surface area contributed by atoms with Crippen molar-refractivity contribution in [2.24, 2.45) is 5.73 Å². The topological polar surface area (TPSA) is 130 Å². The van der Waals surface area contributed by atoms with E-state index in [2.05, 4.69) is 20.3 Å². The van der Waals surface area contributed by atoms with Gasteiger partial charge in [0.05, 0.1) is 42.7 Å². The summed E-state index contributed by atoms with van der Waals surface area (Å²) in [5.74, 6) is 1.56. The lowest BCUT2D eigenvalue weighted by Gasteiger charge is -2.15. The second kappa shape index (κ2) is 11.1. The third kappa shape index (κ3) is 5.57. The minimum atomic E-state index is -0.477. The molecule has 9 nitrogen and oxygen atoms in total. The van der Waals surface area contributed by atoms with Crippen LogP contribution in [0.1, 0.15) is 0 Å². The van der Waals surface area contributed by atoms with Crippen molar-refractivity contribution in [2.75, 3.05) is 38.4 Å². The standard InChI is InChI=1S/C28H26ClFN6O3/c1-37-26-8-20-19-7-24(36-28(32)21(19)13-35-25(20)9-27(26)38-2)15-5-18(12-33-10-15)39-14-16(31)11-34-17-3-4-23(30)22(29)6-17/h3-10,12-13,16,34H,11,14,31H2,1-2H3,(H2,32,36)/t16-/m0/s1. The van der Waals surface area contributed by atoms with E-state index in [1.807, 2.05) is 24.3 Å². The molecule has 5 aromatic rings. The Kier molecular flexibility index (Phi) is 7.49. The molecular formula is C28H26ClFN6O3. The van der Waals surface area contributed by atoms with E-state index >= 15 is 0 Å². The Balaban J connectivity index is 1.36. The van der Waals surface area contributed by atoms with Gasteiger partial charge in [0.2, 0.25) is 0 Å². The number of hydrogen-bond donors (Lipinski definition) is 3. The summed E-state index contributed by atoms with van der Waals surface area (Å²) in [4.78, 5) is 13.4. The van der Waals surface area contributed by atoms with Crippen molar-refractivity contribution in [1.29, 1.82) is 0 Å². The van der Waals surface area contributed by atoms with E-state index in [1.54, 1.807) is 38.9 Å². The number of methoxy groups -OCH3 is 2. The zero-order chi connectivity index (χ0) is 27.5. The monoisotopic (exact) mass is 548 g/mol. The van der Waals surface area contributed by atoms with Gasteiger partial charge in [-0.3, -0.25) is 9.97 Å². The molecule has 3 aromatic heterocycles. The maximum Gasteiger partial charge on any atom is 0.162 e. The molecule has 0 aliphatic carbocycles. The molecule has 0 unspecified atom stereocenters. The van der Waals surface area contributed by atoms with Crippen molar-refractivity contribution < 1.29 is 18.6 Å². The Labute approximate surface area is 228 Å². The molecule has 5 N–H and O–H groups in total. The minimum Gasteiger partial charge on any atom is -0.493 e. The first-order valence-corrected chi connectivity index (χ1v) is 12.4. The first kappa shape index (κ1) is 26.2. The molecule has 0 saturated carbocycles. The summed E-state index contributed by atoms with van der Waals surface area (Å²) in [5.41, 5.74) is 15.3. The summed E-state index contributed by atoms with van der Waals surface area (Å²) in [7, 11) is 3.17. The Bertz CT molecular complexity index is 1670. The number of aromatic nitrogens is 3. The Morgan fingerprint density at radius 3 is 2.54 bits per heavy atom. The SMILES string of the molecule is COc1cc2ncc3c(N)nc(-c4cncc(OC[C@@H](N)CNc5ccc(F)c(Cl)c5)c4)cc3c2cc1OC. The molecule has 0 amide bonds. The van der Waals surface area contributed by atoms with Crippen LogP contribution in [0.15, 0.2) is 61.1 Å². The predicted molar refractivity (Wildman–Crippen MR) is 151 cm³/mol. The Hall–Kier alpha value is -4.41.